The smallest absolute Gasteiger partial charge is 0.336 e. The summed E-state index contributed by atoms with van der Waals surface area (Å²) in [5.41, 5.74) is 1.56. The number of hydrogen-bond donors (Lipinski definition) is 1. The van der Waals surface area contributed by atoms with E-state index in [1.807, 2.05) is 24.9 Å². The van der Waals surface area contributed by atoms with Gasteiger partial charge in [-0.25, -0.2) is 4.79 Å². The molecule has 0 aromatic carbocycles. The number of likely N-dealkylation sites (N-methyl/N-ethyl adjacent to an activating group) is 1. The molecule has 1 aliphatic carbocycles. The summed E-state index contributed by atoms with van der Waals surface area (Å²) in [7, 11) is 1.94. The van der Waals surface area contributed by atoms with Gasteiger partial charge in [-0.2, -0.15) is 0 Å². The highest BCUT2D eigenvalue weighted by atomic mass is 16.5. The normalized spacial score (nSPS) is 27.0. The standard InChI is InChI=1S/C13H17NO3/c1-4-17-13(16)12-8(2)14(3)11-6-5-9(15)7-10(11)12/h5-7,10-11,15H,4H2,1-3H3. The van der Waals surface area contributed by atoms with Crippen molar-refractivity contribution in [2.24, 2.45) is 5.92 Å². The van der Waals surface area contributed by atoms with Crippen LogP contribution >= 0.6 is 0 Å². The highest BCUT2D eigenvalue weighted by molar-refractivity contribution is 5.91. The Morgan fingerprint density at radius 2 is 2.29 bits per heavy atom. The lowest BCUT2D eigenvalue weighted by atomic mass is 9.90. The van der Waals surface area contributed by atoms with Gasteiger partial charge in [0.05, 0.1) is 18.2 Å². The van der Waals surface area contributed by atoms with E-state index in [4.69, 9.17) is 4.74 Å². The molecule has 0 aromatic rings. The molecule has 2 atom stereocenters. The molecule has 2 rings (SSSR count). The highest BCUT2D eigenvalue weighted by Crippen LogP contribution is 2.37. The van der Waals surface area contributed by atoms with Crippen LogP contribution in [-0.4, -0.2) is 35.7 Å². The maximum atomic E-state index is 11.9. The first kappa shape index (κ1) is 11.8. The van der Waals surface area contributed by atoms with E-state index >= 15 is 0 Å². The maximum absolute atomic E-state index is 11.9. The monoisotopic (exact) mass is 235 g/mol. The van der Waals surface area contributed by atoms with Crippen molar-refractivity contribution in [3.63, 3.8) is 0 Å². The molecule has 2 aliphatic rings. The van der Waals surface area contributed by atoms with E-state index in [9.17, 15) is 9.90 Å². The minimum atomic E-state index is -0.288. The lowest BCUT2D eigenvalue weighted by Gasteiger charge is -2.25. The lowest BCUT2D eigenvalue weighted by molar-refractivity contribution is -0.138. The third-order valence-electron chi connectivity index (χ3n) is 3.38. The van der Waals surface area contributed by atoms with Crippen molar-refractivity contribution < 1.29 is 14.6 Å². The zero-order chi connectivity index (χ0) is 12.6. The summed E-state index contributed by atoms with van der Waals surface area (Å²) < 4.78 is 5.07. The molecule has 4 nitrogen and oxygen atoms in total. The van der Waals surface area contributed by atoms with Crippen LogP contribution in [-0.2, 0) is 9.53 Å². The topological polar surface area (TPSA) is 49.8 Å². The van der Waals surface area contributed by atoms with E-state index in [2.05, 4.69) is 0 Å². The second-order valence-corrected chi connectivity index (χ2v) is 4.30. The molecule has 0 bridgehead atoms. The molecule has 2 unspecified atom stereocenters. The molecule has 0 saturated carbocycles. The van der Waals surface area contributed by atoms with E-state index < -0.39 is 0 Å². The first-order valence-corrected chi connectivity index (χ1v) is 5.76. The summed E-state index contributed by atoms with van der Waals surface area (Å²) in [5.74, 6) is -0.191. The maximum Gasteiger partial charge on any atom is 0.336 e. The van der Waals surface area contributed by atoms with Crippen LogP contribution in [0.4, 0.5) is 0 Å². The second kappa shape index (κ2) is 4.28. The summed E-state index contributed by atoms with van der Waals surface area (Å²) in [6.45, 7) is 4.06. The van der Waals surface area contributed by atoms with E-state index in [-0.39, 0.29) is 23.7 Å². The van der Waals surface area contributed by atoms with Crippen LogP contribution in [0.3, 0.4) is 0 Å². The molecule has 0 fully saturated rings. The van der Waals surface area contributed by atoms with Crippen LogP contribution in [0, 0.1) is 5.92 Å². The average Bonchev–Trinajstić information content (AvgIpc) is 2.51. The van der Waals surface area contributed by atoms with Crippen molar-refractivity contribution in [1.82, 2.24) is 4.90 Å². The summed E-state index contributed by atoms with van der Waals surface area (Å²) in [4.78, 5) is 14.0. The van der Waals surface area contributed by atoms with Gasteiger partial charge in [0, 0.05) is 18.7 Å². The Morgan fingerprint density at radius 1 is 1.59 bits per heavy atom. The van der Waals surface area contributed by atoms with E-state index in [0.29, 0.717) is 12.2 Å². The summed E-state index contributed by atoms with van der Waals surface area (Å²) in [5, 5.41) is 9.54. The number of carbonyl (C=O) groups excluding carboxylic acids is 1. The lowest BCUT2D eigenvalue weighted by Crippen LogP contribution is -2.30. The van der Waals surface area contributed by atoms with Crippen molar-refractivity contribution in [2.45, 2.75) is 19.9 Å². The fourth-order valence-corrected chi connectivity index (χ4v) is 2.43. The summed E-state index contributed by atoms with van der Waals surface area (Å²) >= 11 is 0. The second-order valence-electron chi connectivity index (χ2n) is 4.30. The summed E-state index contributed by atoms with van der Waals surface area (Å²) in [6, 6.07) is 0.102. The molecule has 1 aliphatic heterocycles. The minimum absolute atomic E-state index is 0.102. The molecule has 1 heterocycles. The first-order chi connectivity index (χ1) is 8.06. The molecule has 0 saturated heterocycles. The van der Waals surface area contributed by atoms with Crippen LogP contribution in [0.25, 0.3) is 0 Å². The highest BCUT2D eigenvalue weighted by Gasteiger charge is 2.39. The Bertz CT molecular complexity index is 434. The van der Waals surface area contributed by atoms with E-state index in [0.717, 1.165) is 5.70 Å². The number of hydrogen-bond acceptors (Lipinski definition) is 4. The largest absolute Gasteiger partial charge is 0.508 e. The zero-order valence-electron chi connectivity index (χ0n) is 10.3. The Balaban J connectivity index is 2.36. The Kier molecular flexibility index (Phi) is 2.96. The number of ether oxygens (including phenoxy) is 1. The average molecular weight is 235 g/mol. The van der Waals surface area contributed by atoms with Crippen LogP contribution in [0.15, 0.2) is 35.3 Å². The molecule has 0 aromatic heterocycles. The molecule has 0 spiro atoms. The van der Waals surface area contributed by atoms with Gasteiger partial charge in [0.1, 0.15) is 5.76 Å². The number of fused-ring (bicyclic) bond motifs is 1. The number of allylic oxidation sites excluding steroid dienone is 2. The number of rotatable bonds is 2. The van der Waals surface area contributed by atoms with Gasteiger partial charge in [0.15, 0.2) is 0 Å². The number of carbonyl (C=O) groups is 1. The predicted molar refractivity (Wildman–Crippen MR) is 64.2 cm³/mol. The predicted octanol–water partition coefficient (Wildman–Crippen LogP) is 1.77. The summed E-state index contributed by atoms with van der Waals surface area (Å²) in [6.07, 6.45) is 5.29. The van der Waals surface area contributed by atoms with Crippen LogP contribution < -0.4 is 0 Å². The molecule has 92 valence electrons. The van der Waals surface area contributed by atoms with Crippen molar-refractivity contribution in [1.29, 1.82) is 0 Å². The van der Waals surface area contributed by atoms with Crippen LogP contribution in [0.2, 0.25) is 0 Å². The van der Waals surface area contributed by atoms with E-state index in [1.165, 1.54) is 0 Å². The number of esters is 1. The van der Waals surface area contributed by atoms with Crippen LogP contribution in [0.1, 0.15) is 13.8 Å². The SMILES string of the molecule is CCOC(=O)C1=C(C)N(C)C2C=CC(O)=CC12. The third kappa shape index (κ3) is 1.84. The van der Waals surface area contributed by atoms with Crippen LogP contribution in [0.5, 0.6) is 0 Å². The van der Waals surface area contributed by atoms with Crippen molar-refractivity contribution in [3.05, 3.63) is 35.3 Å². The van der Waals surface area contributed by atoms with Crippen molar-refractivity contribution in [3.8, 4) is 0 Å². The van der Waals surface area contributed by atoms with Crippen molar-refractivity contribution >= 4 is 5.97 Å². The van der Waals surface area contributed by atoms with Gasteiger partial charge in [0.25, 0.3) is 0 Å². The molecule has 0 radical (unpaired) electrons. The van der Waals surface area contributed by atoms with Gasteiger partial charge in [-0.1, -0.05) is 6.08 Å². The molecule has 1 N–H and O–H groups in total. The number of aliphatic hydroxyl groups excluding tert-OH is 1. The molecular formula is C13H17NO3. The Hall–Kier alpha value is -1.71. The zero-order valence-corrected chi connectivity index (χ0v) is 10.3. The first-order valence-electron chi connectivity index (χ1n) is 5.76. The Morgan fingerprint density at radius 3 is 2.94 bits per heavy atom. The molecule has 17 heavy (non-hydrogen) atoms. The quantitative estimate of drug-likeness (QED) is 0.741. The fraction of sp³-hybridized carbons (Fsp3) is 0.462. The number of nitrogens with zero attached hydrogens (tertiary/aromatic N) is 1. The molecular weight excluding hydrogens is 218 g/mol. The molecule has 4 heteroatoms. The van der Waals surface area contributed by atoms with Gasteiger partial charge in [0.2, 0.25) is 0 Å². The Labute approximate surface area is 101 Å². The minimum Gasteiger partial charge on any atom is -0.508 e. The van der Waals surface area contributed by atoms with Crippen molar-refractivity contribution in [2.75, 3.05) is 13.7 Å². The molecule has 0 amide bonds. The van der Waals surface area contributed by atoms with E-state index in [1.54, 1.807) is 19.1 Å². The van der Waals surface area contributed by atoms with Gasteiger partial charge in [-0.3, -0.25) is 0 Å². The van der Waals surface area contributed by atoms with Gasteiger partial charge in [-0.05, 0) is 26.0 Å². The third-order valence-corrected chi connectivity index (χ3v) is 3.38. The van der Waals surface area contributed by atoms with Gasteiger partial charge >= 0.3 is 5.97 Å². The van der Waals surface area contributed by atoms with Gasteiger partial charge in [-0.15, -0.1) is 0 Å². The fourth-order valence-electron chi connectivity index (χ4n) is 2.43. The van der Waals surface area contributed by atoms with Gasteiger partial charge < -0.3 is 14.7 Å². The number of aliphatic hydroxyl groups is 1.